The molecule has 90 valence electrons. The smallest absolute Gasteiger partial charge is 0.213 e. The largest absolute Gasteiger partial charge is 0.481 e. The predicted octanol–water partition coefficient (Wildman–Crippen LogP) is 2.31. The minimum atomic E-state index is 0. The van der Waals surface area contributed by atoms with Gasteiger partial charge in [-0.2, -0.15) is 0 Å². The molecule has 1 aliphatic heterocycles. The van der Waals surface area contributed by atoms with Gasteiger partial charge in [-0.05, 0) is 30.2 Å². The van der Waals surface area contributed by atoms with Gasteiger partial charge in [0.1, 0.15) is 0 Å². The molecule has 1 aromatic rings. The Labute approximate surface area is 108 Å². The van der Waals surface area contributed by atoms with Crippen molar-refractivity contribution in [3.05, 3.63) is 30.0 Å². The van der Waals surface area contributed by atoms with E-state index in [0.29, 0.717) is 5.88 Å². The SMILES string of the molecule is COc1cc(C2=CCNCC2)ccn1.Cl.Cl. The highest BCUT2D eigenvalue weighted by atomic mass is 35.5. The maximum absolute atomic E-state index is 5.09. The van der Waals surface area contributed by atoms with Crippen LogP contribution in [0, 0.1) is 0 Å². The highest BCUT2D eigenvalue weighted by Crippen LogP contribution is 2.21. The van der Waals surface area contributed by atoms with Crippen molar-refractivity contribution in [1.29, 1.82) is 0 Å². The van der Waals surface area contributed by atoms with Crippen LogP contribution in [0.3, 0.4) is 0 Å². The summed E-state index contributed by atoms with van der Waals surface area (Å²) in [6, 6.07) is 4.01. The second-order valence-corrected chi connectivity index (χ2v) is 3.27. The molecular weight excluding hydrogens is 247 g/mol. The first kappa shape index (κ1) is 15.2. The Morgan fingerprint density at radius 2 is 2.19 bits per heavy atom. The van der Waals surface area contributed by atoms with E-state index >= 15 is 0 Å². The average Bonchev–Trinajstić information content (AvgIpc) is 2.30. The lowest BCUT2D eigenvalue weighted by Crippen LogP contribution is -2.20. The molecule has 0 aliphatic carbocycles. The minimum absolute atomic E-state index is 0. The summed E-state index contributed by atoms with van der Waals surface area (Å²) in [5, 5.41) is 3.29. The van der Waals surface area contributed by atoms with E-state index in [4.69, 9.17) is 4.74 Å². The fraction of sp³-hybridized carbons (Fsp3) is 0.364. The van der Waals surface area contributed by atoms with Crippen molar-refractivity contribution in [2.75, 3.05) is 20.2 Å². The fourth-order valence-electron chi connectivity index (χ4n) is 1.61. The van der Waals surface area contributed by atoms with E-state index in [2.05, 4.69) is 16.4 Å². The predicted molar refractivity (Wildman–Crippen MR) is 70.7 cm³/mol. The summed E-state index contributed by atoms with van der Waals surface area (Å²) in [6.45, 7) is 2.01. The molecule has 1 N–H and O–H groups in total. The van der Waals surface area contributed by atoms with Gasteiger partial charge in [0.2, 0.25) is 5.88 Å². The van der Waals surface area contributed by atoms with Crippen LogP contribution in [0.15, 0.2) is 24.4 Å². The highest BCUT2D eigenvalue weighted by Gasteiger charge is 2.06. The van der Waals surface area contributed by atoms with Gasteiger partial charge >= 0.3 is 0 Å². The maximum atomic E-state index is 5.09. The second-order valence-electron chi connectivity index (χ2n) is 3.27. The van der Waals surface area contributed by atoms with E-state index in [9.17, 15) is 0 Å². The molecule has 0 bridgehead atoms. The van der Waals surface area contributed by atoms with Crippen molar-refractivity contribution in [3.63, 3.8) is 0 Å². The first-order valence-corrected chi connectivity index (χ1v) is 4.80. The van der Waals surface area contributed by atoms with Gasteiger partial charge in [-0.3, -0.25) is 0 Å². The van der Waals surface area contributed by atoms with E-state index in [1.54, 1.807) is 13.3 Å². The third kappa shape index (κ3) is 3.67. The molecule has 16 heavy (non-hydrogen) atoms. The molecule has 0 radical (unpaired) electrons. The lowest BCUT2D eigenvalue weighted by atomic mass is 10.0. The highest BCUT2D eigenvalue weighted by molar-refractivity contribution is 5.85. The number of hydrogen-bond donors (Lipinski definition) is 1. The molecule has 2 heterocycles. The van der Waals surface area contributed by atoms with Gasteiger partial charge in [-0.15, -0.1) is 24.8 Å². The number of nitrogens with zero attached hydrogens (tertiary/aromatic N) is 1. The van der Waals surface area contributed by atoms with E-state index in [0.717, 1.165) is 19.5 Å². The van der Waals surface area contributed by atoms with Gasteiger partial charge in [0.25, 0.3) is 0 Å². The van der Waals surface area contributed by atoms with Crippen molar-refractivity contribution < 1.29 is 4.74 Å². The Morgan fingerprint density at radius 1 is 1.38 bits per heavy atom. The number of rotatable bonds is 2. The van der Waals surface area contributed by atoms with Crippen molar-refractivity contribution in [2.45, 2.75) is 6.42 Å². The Kier molecular flexibility index (Phi) is 7.13. The molecule has 0 saturated carbocycles. The number of methoxy groups -OCH3 is 1. The summed E-state index contributed by atoms with van der Waals surface area (Å²) in [5.74, 6) is 0.682. The third-order valence-corrected chi connectivity index (χ3v) is 2.38. The summed E-state index contributed by atoms with van der Waals surface area (Å²) in [4.78, 5) is 4.09. The van der Waals surface area contributed by atoms with Gasteiger partial charge in [0.15, 0.2) is 0 Å². The molecule has 2 rings (SSSR count). The number of halogens is 2. The average molecular weight is 263 g/mol. The van der Waals surface area contributed by atoms with E-state index in [1.807, 2.05) is 12.1 Å². The summed E-state index contributed by atoms with van der Waals surface area (Å²) < 4.78 is 5.09. The molecule has 3 nitrogen and oxygen atoms in total. The van der Waals surface area contributed by atoms with Gasteiger partial charge < -0.3 is 10.1 Å². The summed E-state index contributed by atoms with van der Waals surface area (Å²) in [6.07, 6.45) is 5.09. The molecule has 0 fully saturated rings. The van der Waals surface area contributed by atoms with Crippen LogP contribution in [-0.2, 0) is 0 Å². The molecule has 0 atom stereocenters. The molecular formula is C11H16Cl2N2O. The molecule has 0 amide bonds. The van der Waals surface area contributed by atoms with Crippen LogP contribution in [0.5, 0.6) is 5.88 Å². The van der Waals surface area contributed by atoms with E-state index < -0.39 is 0 Å². The molecule has 0 unspecified atom stereocenters. The zero-order chi connectivity index (χ0) is 9.80. The lowest BCUT2D eigenvalue weighted by molar-refractivity contribution is 0.397. The van der Waals surface area contributed by atoms with Crippen molar-refractivity contribution in [2.24, 2.45) is 0 Å². The lowest BCUT2D eigenvalue weighted by Gasteiger charge is -2.14. The van der Waals surface area contributed by atoms with E-state index in [-0.39, 0.29) is 24.8 Å². The Balaban J connectivity index is 0.00000112. The van der Waals surface area contributed by atoms with Crippen molar-refractivity contribution in [3.8, 4) is 5.88 Å². The molecule has 0 saturated heterocycles. The number of ether oxygens (including phenoxy) is 1. The first-order valence-electron chi connectivity index (χ1n) is 4.80. The standard InChI is InChI=1S/C11H14N2O.2ClH/c1-14-11-8-10(4-7-13-11)9-2-5-12-6-3-9;;/h2,4,7-8,12H,3,5-6H2,1H3;2*1H. The summed E-state index contributed by atoms with van der Waals surface area (Å²) in [5.41, 5.74) is 2.60. The van der Waals surface area contributed by atoms with Crippen LogP contribution in [-0.4, -0.2) is 25.2 Å². The van der Waals surface area contributed by atoms with E-state index in [1.165, 1.54) is 11.1 Å². The Bertz CT molecular complexity index is 356. The summed E-state index contributed by atoms with van der Waals surface area (Å²) in [7, 11) is 1.64. The van der Waals surface area contributed by atoms with Gasteiger partial charge in [0.05, 0.1) is 7.11 Å². The van der Waals surface area contributed by atoms with Crippen LogP contribution < -0.4 is 10.1 Å². The summed E-state index contributed by atoms with van der Waals surface area (Å²) >= 11 is 0. The Morgan fingerprint density at radius 3 is 2.81 bits per heavy atom. The molecule has 0 aromatic carbocycles. The van der Waals surface area contributed by atoms with Gasteiger partial charge in [-0.25, -0.2) is 4.98 Å². The van der Waals surface area contributed by atoms with Crippen LogP contribution in [0.4, 0.5) is 0 Å². The van der Waals surface area contributed by atoms with Crippen LogP contribution in [0.2, 0.25) is 0 Å². The number of pyridine rings is 1. The zero-order valence-corrected chi connectivity index (χ0v) is 10.7. The monoisotopic (exact) mass is 262 g/mol. The van der Waals surface area contributed by atoms with Crippen molar-refractivity contribution in [1.82, 2.24) is 10.3 Å². The van der Waals surface area contributed by atoms with Crippen molar-refractivity contribution >= 4 is 30.4 Å². The molecule has 1 aromatic heterocycles. The number of aromatic nitrogens is 1. The van der Waals surface area contributed by atoms with Gasteiger partial charge in [0, 0.05) is 18.8 Å². The topological polar surface area (TPSA) is 34.1 Å². The quantitative estimate of drug-likeness (QED) is 0.889. The van der Waals surface area contributed by atoms with Crippen LogP contribution >= 0.6 is 24.8 Å². The Hall–Kier alpha value is -0.770. The third-order valence-electron chi connectivity index (χ3n) is 2.38. The van der Waals surface area contributed by atoms with Crippen LogP contribution in [0.25, 0.3) is 5.57 Å². The zero-order valence-electron chi connectivity index (χ0n) is 9.10. The van der Waals surface area contributed by atoms with Crippen LogP contribution in [0.1, 0.15) is 12.0 Å². The first-order chi connectivity index (χ1) is 6.90. The minimum Gasteiger partial charge on any atom is -0.481 e. The molecule has 5 heteroatoms. The maximum Gasteiger partial charge on any atom is 0.213 e. The fourth-order valence-corrected chi connectivity index (χ4v) is 1.61. The number of nitrogens with one attached hydrogen (secondary N) is 1. The van der Waals surface area contributed by atoms with Gasteiger partial charge in [-0.1, -0.05) is 6.08 Å². The molecule has 1 aliphatic rings. The normalized spacial score (nSPS) is 14.2. The second kappa shape index (κ2) is 7.49. The number of hydrogen-bond acceptors (Lipinski definition) is 3. The molecule has 0 spiro atoms.